The molecule has 2 saturated carbocycles. The van der Waals surface area contributed by atoms with Gasteiger partial charge in [-0.25, -0.2) is 0 Å². The molecule has 3 fully saturated rings. The number of nitrogens with one attached hydrogen (secondary N) is 1. The highest BCUT2D eigenvalue weighted by Gasteiger charge is 2.70. The molecule has 0 aromatic carbocycles. The normalized spacial score (nSPS) is 38.7. The molecule has 25 heavy (non-hydrogen) atoms. The van der Waals surface area contributed by atoms with Crippen LogP contribution in [0.5, 0.6) is 0 Å². The number of nitrogens with two attached hydrogens (primary N) is 1. The molecule has 1 aliphatic heterocycles. The van der Waals surface area contributed by atoms with Crippen LogP contribution in [-0.4, -0.2) is 30.2 Å². The van der Waals surface area contributed by atoms with Crippen molar-refractivity contribution in [3.8, 4) is 0 Å². The van der Waals surface area contributed by atoms with E-state index in [4.69, 9.17) is 10.5 Å². The van der Waals surface area contributed by atoms with E-state index in [0.717, 1.165) is 32.3 Å². The lowest BCUT2D eigenvalue weighted by Crippen LogP contribution is -2.82. The third kappa shape index (κ3) is 3.35. The summed E-state index contributed by atoms with van der Waals surface area (Å²) < 4.78 is 5.93. The predicted octanol–water partition coefficient (Wildman–Crippen LogP) is 3.66. The van der Waals surface area contributed by atoms with Crippen molar-refractivity contribution >= 4 is 18.3 Å². The molecule has 3 atom stereocenters. The van der Waals surface area contributed by atoms with Gasteiger partial charge in [0.25, 0.3) is 0 Å². The van der Waals surface area contributed by atoms with Gasteiger partial charge >= 0.3 is 0 Å². The number of amides is 1. The monoisotopic (exact) mass is 372 g/mol. The zero-order valence-corrected chi connectivity index (χ0v) is 17.6. The van der Waals surface area contributed by atoms with Gasteiger partial charge in [-0.05, 0) is 42.9 Å². The van der Waals surface area contributed by atoms with Gasteiger partial charge in [0.15, 0.2) is 0 Å². The van der Waals surface area contributed by atoms with E-state index in [-0.39, 0.29) is 52.6 Å². The van der Waals surface area contributed by atoms with Crippen LogP contribution in [0.25, 0.3) is 0 Å². The maximum atomic E-state index is 13.2. The van der Waals surface area contributed by atoms with Gasteiger partial charge in [-0.1, -0.05) is 41.5 Å². The molecule has 2 aliphatic carbocycles. The van der Waals surface area contributed by atoms with Gasteiger partial charge in [0.1, 0.15) is 5.54 Å². The van der Waals surface area contributed by atoms with Gasteiger partial charge in [0, 0.05) is 24.0 Å². The van der Waals surface area contributed by atoms with Crippen LogP contribution in [0.3, 0.4) is 0 Å². The molecule has 1 heterocycles. The van der Waals surface area contributed by atoms with Crippen LogP contribution in [0.1, 0.15) is 73.6 Å². The van der Waals surface area contributed by atoms with Crippen molar-refractivity contribution in [1.82, 2.24) is 5.32 Å². The Morgan fingerprint density at radius 1 is 1.08 bits per heavy atom. The lowest BCUT2D eigenvalue weighted by Gasteiger charge is -2.65. The fraction of sp³-hybridized carbons (Fsp3) is 0.950. The number of rotatable bonds is 2. The molecule has 146 valence electrons. The van der Waals surface area contributed by atoms with Crippen LogP contribution in [0.2, 0.25) is 0 Å². The molecule has 3 N–H and O–H groups in total. The largest absolute Gasteiger partial charge is 0.377 e. The van der Waals surface area contributed by atoms with Crippen molar-refractivity contribution in [3.63, 3.8) is 0 Å². The molecular weight excluding hydrogens is 336 g/mol. The van der Waals surface area contributed by atoms with Crippen molar-refractivity contribution in [3.05, 3.63) is 0 Å². The first-order chi connectivity index (χ1) is 10.9. The van der Waals surface area contributed by atoms with Gasteiger partial charge in [0.2, 0.25) is 5.91 Å². The van der Waals surface area contributed by atoms with Crippen LogP contribution < -0.4 is 11.1 Å². The number of carbonyl (C=O) groups is 1. The van der Waals surface area contributed by atoms with Crippen molar-refractivity contribution in [2.45, 2.75) is 91.3 Å². The predicted molar refractivity (Wildman–Crippen MR) is 104 cm³/mol. The summed E-state index contributed by atoms with van der Waals surface area (Å²) in [7, 11) is 0. The first kappa shape index (κ1) is 21.0. The molecular formula is C20H37ClN2O2. The summed E-state index contributed by atoms with van der Waals surface area (Å²) in [4.78, 5) is 13.2. The molecule has 0 spiro atoms. The Hall–Kier alpha value is -0.320. The zero-order valence-electron chi connectivity index (χ0n) is 16.8. The van der Waals surface area contributed by atoms with Crippen LogP contribution in [0.15, 0.2) is 0 Å². The second-order valence-electron chi connectivity index (χ2n) is 10.7. The Labute approximate surface area is 159 Å². The van der Waals surface area contributed by atoms with E-state index in [1.54, 1.807) is 0 Å². The maximum absolute atomic E-state index is 13.2. The summed E-state index contributed by atoms with van der Waals surface area (Å²) in [5, 5.41) is 3.34. The molecule has 3 rings (SSSR count). The molecule has 3 aliphatic rings. The Morgan fingerprint density at radius 3 is 2.20 bits per heavy atom. The minimum atomic E-state index is -0.802. The van der Waals surface area contributed by atoms with E-state index in [9.17, 15) is 4.79 Å². The molecule has 4 nitrogen and oxygen atoms in total. The summed E-state index contributed by atoms with van der Waals surface area (Å²) in [6.45, 7) is 14.2. The first-order valence-electron chi connectivity index (χ1n) is 9.61. The fourth-order valence-corrected chi connectivity index (χ4v) is 6.29. The van der Waals surface area contributed by atoms with E-state index in [0.29, 0.717) is 0 Å². The number of ether oxygens (including phenoxy) is 1. The number of hydrogen-bond acceptors (Lipinski definition) is 3. The van der Waals surface area contributed by atoms with Crippen molar-refractivity contribution < 1.29 is 9.53 Å². The van der Waals surface area contributed by atoms with Crippen LogP contribution in [0, 0.1) is 22.2 Å². The van der Waals surface area contributed by atoms with Gasteiger partial charge in [-0.15, -0.1) is 12.4 Å². The lowest BCUT2D eigenvalue weighted by atomic mass is 9.46. The molecule has 1 saturated heterocycles. The third-order valence-corrected chi connectivity index (χ3v) is 6.95. The highest BCUT2D eigenvalue weighted by molar-refractivity contribution is 5.89. The van der Waals surface area contributed by atoms with Gasteiger partial charge in [-0.2, -0.15) is 0 Å². The highest BCUT2D eigenvalue weighted by Crippen LogP contribution is 2.57. The zero-order chi connectivity index (χ0) is 18.0. The van der Waals surface area contributed by atoms with Crippen molar-refractivity contribution in [1.29, 1.82) is 0 Å². The molecule has 0 radical (unpaired) electrons. The molecule has 5 heteroatoms. The van der Waals surface area contributed by atoms with Gasteiger partial charge < -0.3 is 15.8 Å². The summed E-state index contributed by atoms with van der Waals surface area (Å²) in [5.74, 6) is 0.198. The van der Waals surface area contributed by atoms with E-state index in [1.165, 1.54) is 6.42 Å². The second-order valence-corrected chi connectivity index (χ2v) is 10.7. The molecule has 0 aromatic rings. The minimum Gasteiger partial charge on any atom is -0.377 e. The van der Waals surface area contributed by atoms with Gasteiger partial charge in [0.05, 0.1) is 6.10 Å². The molecule has 0 aromatic heterocycles. The van der Waals surface area contributed by atoms with E-state index in [1.807, 2.05) is 0 Å². The average Bonchev–Trinajstić information content (AvgIpc) is 2.42. The van der Waals surface area contributed by atoms with Gasteiger partial charge in [-0.3, -0.25) is 4.79 Å². The molecule has 3 unspecified atom stereocenters. The number of carbonyl (C=O) groups excluding carboxylic acids is 1. The van der Waals surface area contributed by atoms with E-state index in [2.05, 4.69) is 46.9 Å². The van der Waals surface area contributed by atoms with Crippen LogP contribution in [0.4, 0.5) is 0 Å². The summed E-state index contributed by atoms with van der Waals surface area (Å²) in [6.07, 6.45) is 5.39. The summed E-state index contributed by atoms with van der Waals surface area (Å²) in [6, 6.07) is 0.219. The molecule has 0 bridgehead atoms. The Morgan fingerprint density at radius 2 is 1.64 bits per heavy atom. The SMILES string of the molecule is CC1(C)CC(NC(=O)C2(N)C3CCCOC3C2(C)C)CC(C)(C)C1.Cl. The number of fused-ring (bicyclic) bond motifs is 1. The highest BCUT2D eigenvalue weighted by atomic mass is 35.5. The van der Waals surface area contributed by atoms with E-state index >= 15 is 0 Å². The topological polar surface area (TPSA) is 64.4 Å². The fourth-order valence-electron chi connectivity index (χ4n) is 6.29. The minimum absolute atomic E-state index is 0. The second kappa shape index (κ2) is 6.38. The number of hydrogen-bond donors (Lipinski definition) is 2. The van der Waals surface area contributed by atoms with E-state index < -0.39 is 5.54 Å². The Balaban J connectivity index is 0.00000225. The van der Waals surface area contributed by atoms with Crippen LogP contribution >= 0.6 is 12.4 Å². The Kier molecular flexibility index (Phi) is 5.36. The summed E-state index contributed by atoms with van der Waals surface area (Å²) in [5.41, 5.74) is 6.15. The standard InChI is InChI=1S/C20H36N2O2.ClH/c1-17(2)10-13(11-18(3,4)12-17)22-16(23)20(21)14-8-7-9-24-15(14)19(20,5)6;/h13-15H,7-12,21H2,1-6H3,(H,22,23);1H. The Bertz CT molecular complexity index is 516. The maximum Gasteiger partial charge on any atom is 0.241 e. The first-order valence-corrected chi connectivity index (χ1v) is 9.61. The van der Waals surface area contributed by atoms with Crippen molar-refractivity contribution in [2.75, 3.05) is 6.61 Å². The van der Waals surface area contributed by atoms with Crippen molar-refractivity contribution in [2.24, 2.45) is 27.9 Å². The quantitative estimate of drug-likeness (QED) is 0.777. The lowest BCUT2D eigenvalue weighted by molar-refractivity contribution is -0.225. The number of halogens is 1. The van der Waals surface area contributed by atoms with Crippen LogP contribution in [-0.2, 0) is 9.53 Å². The average molecular weight is 373 g/mol. The smallest absolute Gasteiger partial charge is 0.241 e. The molecule has 1 amide bonds. The summed E-state index contributed by atoms with van der Waals surface area (Å²) >= 11 is 0. The third-order valence-electron chi connectivity index (χ3n) is 6.95.